The molecule has 0 bridgehead atoms. The number of piperidine rings is 1. The van der Waals surface area contributed by atoms with E-state index in [2.05, 4.69) is 11.0 Å². The molecule has 72 valence electrons. The molecule has 13 heavy (non-hydrogen) atoms. The molecule has 1 unspecified atom stereocenters. The second-order valence-electron chi connectivity index (χ2n) is 3.88. The van der Waals surface area contributed by atoms with Crippen LogP contribution in [0.25, 0.3) is 0 Å². The Morgan fingerprint density at radius 2 is 2.15 bits per heavy atom. The van der Waals surface area contributed by atoms with Crippen LogP contribution < -0.4 is 0 Å². The molecule has 1 fully saturated rings. The molecule has 0 radical (unpaired) electrons. The predicted octanol–water partition coefficient (Wildman–Crippen LogP) is 1.28. The summed E-state index contributed by atoms with van der Waals surface area (Å²) < 4.78 is 0. The van der Waals surface area contributed by atoms with Crippen LogP contribution in [0.3, 0.4) is 0 Å². The first-order chi connectivity index (χ1) is 6.33. The van der Waals surface area contributed by atoms with Crippen molar-refractivity contribution in [2.24, 2.45) is 0 Å². The van der Waals surface area contributed by atoms with Crippen LogP contribution in [0.15, 0.2) is 11.8 Å². The zero-order valence-corrected chi connectivity index (χ0v) is 8.16. The van der Waals surface area contributed by atoms with Crippen LogP contribution in [0.2, 0.25) is 0 Å². The topological polar surface area (TPSA) is 30.3 Å². The molecular formula is C10H17N3. The maximum atomic E-state index is 7.13. The third-order valence-electron chi connectivity index (χ3n) is 2.89. The van der Waals surface area contributed by atoms with Crippen LogP contribution in [0, 0.1) is 5.41 Å². The molecule has 1 aliphatic heterocycles. The minimum atomic E-state index is 0.426. The second kappa shape index (κ2) is 3.40. The zero-order valence-electron chi connectivity index (χ0n) is 8.16. The second-order valence-corrected chi connectivity index (χ2v) is 3.88. The van der Waals surface area contributed by atoms with Crippen LogP contribution in [0.4, 0.5) is 0 Å². The number of hydrogen-bond donors (Lipinski definition) is 1. The van der Waals surface area contributed by atoms with E-state index in [0.29, 0.717) is 6.04 Å². The summed E-state index contributed by atoms with van der Waals surface area (Å²) in [6.45, 7) is 2.43. The lowest BCUT2D eigenvalue weighted by molar-refractivity contribution is 0.279. The molecule has 0 aromatic heterocycles. The summed E-state index contributed by atoms with van der Waals surface area (Å²) >= 11 is 0. The van der Waals surface area contributed by atoms with Gasteiger partial charge in [-0.05, 0) is 25.3 Å². The largest absolute Gasteiger partial charge is 0.373 e. The molecule has 1 aliphatic carbocycles. The maximum Gasteiger partial charge on any atom is 0.0897 e. The molecule has 1 heterocycles. The van der Waals surface area contributed by atoms with Crippen molar-refractivity contribution in [3.8, 4) is 0 Å². The highest BCUT2D eigenvalue weighted by Crippen LogP contribution is 2.30. The molecule has 1 N–H and O–H groups in total. The molecule has 0 amide bonds. The monoisotopic (exact) mass is 179 g/mol. The van der Waals surface area contributed by atoms with E-state index in [9.17, 15) is 0 Å². The molecule has 3 heteroatoms. The van der Waals surface area contributed by atoms with Crippen molar-refractivity contribution in [1.82, 2.24) is 9.80 Å². The molecule has 1 saturated heterocycles. The van der Waals surface area contributed by atoms with Crippen molar-refractivity contribution in [3.63, 3.8) is 0 Å². The third kappa shape index (κ3) is 1.69. The Bertz CT molecular complexity index is 228. The third-order valence-corrected chi connectivity index (χ3v) is 2.89. The smallest absolute Gasteiger partial charge is 0.0897 e. The van der Waals surface area contributed by atoms with Gasteiger partial charge < -0.3 is 9.80 Å². The molecule has 0 aromatic rings. The highest BCUT2D eigenvalue weighted by molar-refractivity contribution is 5.55. The average Bonchev–Trinajstić information content (AvgIpc) is 2.98. The van der Waals surface area contributed by atoms with Gasteiger partial charge in [0.2, 0.25) is 0 Å². The predicted molar refractivity (Wildman–Crippen MR) is 53.8 cm³/mol. The summed E-state index contributed by atoms with van der Waals surface area (Å²) in [5.41, 5.74) is 1.44. The van der Waals surface area contributed by atoms with Crippen LogP contribution in [-0.4, -0.2) is 42.3 Å². The molecule has 0 aromatic carbocycles. The molecule has 2 aliphatic rings. The lowest BCUT2D eigenvalue weighted by Gasteiger charge is -2.28. The number of likely N-dealkylation sites (tertiary alicyclic amines) is 1. The lowest BCUT2D eigenvalue weighted by atomic mass is 10.1. The van der Waals surface area contributed by atoms with Crippen LogP contribution >= 0.6 is 0 Å². The van der Waals surface area contributed by atoms with Crippen LogP contribution in [-0.2, 0) is 0 Å². The first-order valence-corrected chi connectivity index (χ1v) is 5.02. The number of hydrogen-bond acceptors (Lipinski definition) is 2. The normalized spacial score (nSPS) is 26.7. The minimum absolute atomic E-state index is 0.426. The highest BCUT2D eigenvalue weighted by Gasteiger charge is 2.32. The van der Waals surface area contributed by atoms with E-state index < -0.39 is 0 Å². The van der Waals surface area contributed by atoms with Gasteiger partial charge in [-0.3, -0.25) is 5.41 Å². The number of nitrogens with one attached hydrogen (secondary N) is 1. The van der Waals surface area contributed by atoms with Crippen molar-refractivity contribution in [3.05, 3.63) is 11.8 Å². The van der Waals surface area contributed by atoms with Crippen molar-refractivity contribution in [2.75, 3.05) is 20.1 Å². The van der Waals surface area contributed by atoms with Gasteiger partial charge in [0.15, 0.2) is 0 Å². The summed E-state index contributed by atoms with van der Waals surface area (Å²) in [4.78, 5) is 4.41. The maximum absolute atomic E-state index is 7.13. The van der Waals surface area contributed by atoms with E-state index in [1.807, 2.05) is 11.9 Å². The summed E-state index contributed by atoms with van der Waals surface area (Å²) in [6, 6.07) is 0.426. The molecule has 0 saturated carbocycles. The molecule has 1 atom stereocenters. The van der Waals surface area contributed by atoms with E-state index in [1.54, 1.807) is 0 Å². The van der Waals surface area contributed by atoms with Gasteiger partial charge in [0.25, 0.3) is 0 Å². The number of likely N-dealkylation sites (N-methyl/N-ethyl adjacent to an activating group) is 1. The van der Waals surface area contributed by atoms with Crippen molar-refractivity contribution in [2.45, 2.75) is 25.3 Å². The molecular weight excluding hydrogens is 162 g/mol. The summed E-state index contributed by atoms with van der Waals surface area (Å²) in [5, 5.41) is 7.13. The summed E-state index contributed by atoms with van der Waals surface area (Å²) in [6.07, 6.45) is 7.69. The Balaban J connectivity index is 1.83. The van der Waals surface area contributed by atoms with Gasteiger partial charge >= 0.3 is 0 Å². The van der Waals surface area contributed by atoms with Crippen molar-refractivity contribution in [1.29, 1.82) is 5.41 Å². The summed E-state index contributed by atoms with van der Waals surface area (Å²) in [5.74, 6) is 0. The van der Waals surface area contributed by atoms with Gasteiger partial charge in [0.1, 0.15) is 0 Å². The fraction of sp³-hybridized carbons (Fsp3) is 0.700. The van der Waals surface area contributed by atoms with E-state index >= 15 is 0 Å². The van der Waals surface area contributed by atoms with E-state index in [0.717, 1.165) is 0 Å². The van der Waals surface area contributed by atoms with Gasteiger partial charge in [-0.2, -0.15) is 0 Å². The van der Waals surface area contributed by atoms with E-state index in [1.165, 1.54) is 44.4 Å². The van der Waals surface area contributed by atoms with E-state index in [-0.39, 0.29) is 0 Å². The Morgan fingerprint density at radius 3 is 2.77 bits per heavy atom. The zero-order chi connectivity index (χ0) is 9.26. The van der Waals surface area contributed by atoms with Gasteiger partial charge in [0, 0.05) is 25.8 Å². The molecule has 2 rings (SSSR count). The van der Waals surface area contributed by atoms with Crippen molar-refractivity contribution >= 4 is 6.34 Å². The average molecular weight is 179 g/mol. The number of nitrogens with zero attached hydrogens (tertiary/aromatic N) is 2. The van der Waals surface area contributed by atoms with Gasteiger partial charge in [-0.15, -0.1) is 0 Å². The molecule has 0 spiro atoms. The Kier molecular flexibility index (Phi) is 2.25. The first-order valence-electron chi connectivity index (χ1n) is 5.02. The Hall–Kier alpha value is -0.990. The van der Waals surface area contributed by atoms with Gasteiger partial charge in [0.05, 0.1) is 12.4 Å². The quantitative estimate of drug-likeness (QED) is 0.522. The molecule has 3 nitrogen and oxygen atoms in total. The standard InChI is InChI=1S/C10H17N3/c1-12(8-11)9-7-10(9)13-5-3-2-4-6-13/h7-9,11H,2-6H2,1H3. The first kappa shape index (κ1) is 8.60. The fourth-order valence-corrected chi connectivity index (χ4v) is 1.96. The van der Waals surface area contributed by atoms with Gasteiger partial charge in [-0.25, -0.2) is 0 Å². The Labute approximate surface area is 79.5 Å². The lowest BCUT2D eigenvalue weighted by Crippen LogP contribution is -2.31. The fourth-order valence-electron chi connectivity index (χ4n) is 1.96. The Morgan fingerprint density at radius 1 is 1.46 bits per heavy atom. The minimum Gasteiger partial charge on any atom is -0.373 e. The van der Waals surface area contributed by atoms with Crippen LogP contribution in [0.5, 0.6) is 0 Å². The van der Waals surface area contributed by atoms with Gasteiger partial charge in [-0.1, -0.05) is 0 Å². The SMILES string of the molecule is CN(C=N)C1C=C1N1CCCCC1. The van der Waals surface area contributed by atoms with Crippen molar-refractivity contribution < 1.29 is 0 Å². The summed E-state index contributed by atoms with van der Waals surface area (Å²) in [7, 11) is 1.96. The van der Waals surface area contributed by atoms with Crippen LogP contribution in [0.1, 0.15) is 19.3 Å². The highest BCUT2D eigenvalue weighted by atomic mass is 15.3. The van der Waals surface area contributed by atoms with E-state index in [4.69, 9.17) is 5.41 Å². The number of rotatable bonds is 3.